The van der Waals surface area contributed by atoms with Gasteiger partial charge in [0, 0.05) is 12.3 Å². The first-order chi connectivity index (χ1) is 5.31. The molecule has 2 N–H and O–H groups in total. The Morgan fingerprint density at radius 1 is 1.33 bits per heavy atom. The van der Waals surface area contributed by atoms with Gasteiger partial charge in [0.05, 0.1) is 5.75 Å². The molecule has 2 atom stereocenters. The fraction of sp³-hybridized carbons (Fsp3) is 1.00. The Labute approximate surface area is 75.3 Å². The molecule has 0 heterocycles. The van der Waals surface area contributed by atoms with Crippen molar-refractivity contribution in [1.82, 2.24) is 0 Å². The van der Waals surface area contributed by atoms with Crippen LogP contribution < -0.4 is 5.73 Å². The van der Waals surface area contributed by atoms with Gasteiger partial charge in [0.2, 0.25) is 0 Å². The zero-order valence-electron chi connectivity index (χ0n) is 8.08. The molecule has 0 saturated carbocycles. The van der Waals surface area contributed by atoms with E-state index in [0.717, 1.165) is 12.8 Å². The Hall–Kier alpha value is -0.0900. The molecule has 0 aromatic heterocycles. The van der Waals surface area contributed by atoms with E-state index >= 15 is 0 Å². The molecule has 0 aromatic rings. The molecular formula is C8H19NO2S. The van der Waals surface area contributed by atoms with Gasteiger partial charge in [-0.25, -0.2) is 8.42 Å². The van der Waals surface area contributed by atoms with Crippen molar-refractivity contribution in [2.45, 2.75) is 32.7 Å². The molecule has 0 fully saturated rings. The molecule has 0 aliphatic carbocycles. The van der Waals surface area contributed by atoms with Crippen LogP contribution in [0.1, 0.15) is 26.7 Å². The lowest BCUT2D eigenvalue weighted by molar-refractivity contribution is 0.467. The topological polar surface area (TPSA) is 60.2 Å². The van der Waals surface area contributed by atoms with Crippen LogP contribution in [0.15, 0.2) is 0 Å². The van der Waals surface area contributed by atoms with Crippen LogP contribution in [0.2, 0.25) is 0 Å². The zero-order valence-corrected chi connectivity index (χ0v) is 8.89. The Morgan fingerprint density at radius 2 is 1.83 bits per heavy atom. The van der Waals surface area contributed by atoms with Crippen molar-refractivity contribution < 1.29 is 8.42 Å². The van der Waals surface area contributed by atoms with E-state index in [-0.39, 0.29) is 11.8 Å². The van der Waals surface area contributed by atoms with Crippen LogP contribution in [0.5, 0.6) is 0 Å². The Morgan fingerprint density at radius 3 is 2.17 bits per heavy atom. The lowest BCUT2D eigenvalue weighted by Crippen LogP contribution is -2.19. The maximum Gasteiger partial charge on any atom is 0.147 e. The molecule has 0 rings (SSSR count). The molecule has 0 bridgehead atoms. The van der Waals surface area contributed by atoms with Crippen molar-refractivity contribution in [3.8, 4) is 0 Å². The molecule has 12 heavy (non-hydrogen) atoms. The summed E-state index contributed by atoms with van der Waals surface area (Å²) in [5.74, 6) is 0.681. The normalized spacial score (nSPS) is 17.3. The van der Waals surface area contributed by atoms with Gasteiger partial charge < -0.3 is 5.73 Å². The number of nitrogens with two attached hydrogens (primary N) is 1. The van der Waals surface area contributed by atoms with E-state index in [2.05, 4.69) is 0 Å². The van der Waals surface area contributed by atoms with Gasteiger partial charge >= 0.3 is 0 Å². The molecule has 0 amide bonds. The molecule has 0 aliphatic heterocycles. The zero-order chi connectivity index (χ0) is 9.78. The van der Waals surface area contributed by atoms with Crippen LogP contribution in [-0.4, -0.2) is 26.5 Å². The second kappa shape index (κ2) is 4.82. The standard InChI is InChI=1S/C8H19NO2S/c1-7(6-8(2)9)4-5-12(3,10)11/h7-8H,4-6,9H2,1-3H3. The average Bonchev–Trinajstić information content (AvgIpc) is 1.80. The molecule has 0 spiro atoms. The molecule has 2 unspecified atom stereocenters. The summed E-state index contributed by atoms with van der Waals surface area (Å²) in [6.45, 7) is 3.98. The van der Waals surface area contributed by atoms with Crippen molar-refractivity contribution >= 4 is 9.84 Å². The van der Waals surface area contributed by atoms with Gasteiger partial charge in [0.1, 0.15) is 9.84 Å². The third-order valence-electron chi connectivity index (χ3n) is 1.76. The molecule has 0 radical (unpaired) electrons. The third-order valence-corrected chi connectivity index (χ3v) is 2.73. The summed E-state index contributed by atoms with van der Waals surface area (Å²) < 4.78 is 21.6. The second-order valence-electron chi connectivity index (χ2n) is 3.74. The summed E-state index contributed by atoms with van der Waals surface area (Å²) in [6.07, 6.45) is 2.89. The fourth-order valence-electron chi connectivity index (χ4n) is 1.17. The highest BCUT2D eigenvalue weighted by Gasteiger charge is 2.09. The van der Waals surface area contributed by atoms with Gasteiger partial charge in [-0.05, 0) is 25.7 Å². The summed E-state index contributed by atoms with van der Waals surface area (Å²) in [4.78, 5) is 0. The van der Waals surface area contributed by atoms with Crippen molar-refractivity contribution in [2.75, 3.05) is 12.0 Å². The van der Waals surface area contributed by atoms with Crippen LogP contribution in [0.3, 0.4) is 0 Å². The Kier molecular flexibility index (Phi) is 4.78. The Bertz CT molecular complexity index is 209. The van der Waals surface area contributed by atoms with Crippen LogP contribution in [-0.2, 0) is 9.84 Å². The highest BCUT2D eigenvalue weighted by molar-refractivity contribution is 7.90. The minimum Gasteiger partial charge on any atom is -0.328 e. The summed E-state index contributed by atoms with van der Waals surface area (Å²) in [5.41, 5.74) is 5.58. The van der Waals surface area contributed by atoms with Gasteiger partial charge in [-0.1, -0.05) is 6.92 Å². The van der Waals surface area contributed by atoms with Crippen LogP contribution in [0.25, 0.3) is 0 Å². The van der Waals surface area contributed by atoms with Crippen LogP contribution in [0, 0.1) is 5.92 Å². The lowest BCUT2D eigenvalue weighted by atomic mass is 10.0. The number of sulfone groups is 1. The van der Waals surface area contributed by atoms with Gasteiger partial charge in [-0.15, -0.1) is 0 Å². The monoisotopic (exact) mass is 193 g/mol. The highest BCUT2D eigenvalue weighted by Crippen LogP contribution is 2.10. The van der Waals surface area contributed by atoms with E-state index in [1.54, 1.807) is 0 Å². The van der Waals surface area contributed by atoms with E-state index < -0.39 is 9.84 Å². The van der Waals surface area contributed by atoms with Gasteiger partial charge in [-0.3, -0.25) is 0 Å². The maximum absolute atomic E-state index is 10.8. The van der Waals surface area contributed by atoms with Crippen molar-refractivity contribution in [1.29, 1.82) is 0 Å². The average molecular weight is 193 g/mol. The molecule has 0 aromatic carbocycles. The molecule has 0 saturated heterocycles. The first kappa shape index (κ1) is 11.9. The molecule has 3 nitrogen and oxygen atoms in total. The van der Waals surface area contributed by atoms with Crippen molar-refractivity contribution in [3.63, 3.8) is 0 Å². The van der Waals surface area contributed by atoms with Crippen LogP contribution in [0.4, 0.5) is 0 Å². The first-order valence-electron chi connectivity index (χ1n) is 4.24. The molecular weight excluding hydrogens is 174 g/mol. The maximum atomic E-state index is 10.8. The number of hydrogen-bond donors (Lipinski definition) is 1. The predicted molar refractivity (Wildman–Crippen MR) is 51.8 cm³/mol. The van der Waals surface area contributed by atoms with Gasteiger partial charge in [0.15, 0.2) is 0 Å². The first-order valence-corrected chi connectivity index (χ1v) is 6.30. The van der Waals surface area contributed by atoms with E-state index in [4.69, 9.17) is 5.73 Å². The number of rotatable bonds is 5. The third kappa shape index (κ3) is 8.01. The predicted octanol–water partition coefficient (Wildman–Crippen LogP) is 0.795. The largest absolute Gasteiger partial charge is 0.328 e. The molecule has 74 valence electrons. The van der Waals surface area contributed by atoms with Crippen molar-refractivity contribution in [3.05, 3.63) is 0 Å². The highest BCUT2D eigenvalue weighted by atomic mass is 32.2. The van der Waals surface area contributed by atoms with Crippen molar-refractivity contribution in [2.24, 2.45) is 11.7 Å². The lowest BCUT2D eigenvalue weighted by Gasteiger charge is -2.12. The van der Waals surface area contributed by atoms with Gasteiger partial charge in [-0.2, -0.15) is 0 Å². The smallest absolute Gasteiger partial charge is 0.147 e. The van der Waals surface area contributed by atoms with E-state index in [0.29, 0.717) is 5.92 Å². The summed E-state index contributed by atoms with van der Waals surface area (Å²) in [5, 5.41) is 0. The molecule has 4 heteroatoms. The molecule has 0 aliphatic rings. The van der Waals surface area contributed by atoms with Crippen LogP contribution >= 0.6 is 0 Å². The quantitative estimate of drug-likeness (QED) is 0.702. The van der Waals surface area contributed by atoms with Gasteiger partial charge in [0.25, 0.3) is 0 Å². The van der Waals surface area contributed by atoms with E-state index in [9.17, 15) is 8.42 Å². The number of hydrogen-bond acceptors (Lipinski definition) is 3. The minimum absolute atomic E-state index is 0.166. The summed E-state index contributed by atoms with van der Waals surface area (Å²) in [7, 11) is -2.80. The second-order valence-corrected chi connectivity index (χ2v) is 6.00. The van der Waals surface area contributed by atoms with E-state index in [1.807, 2.05) is 13.8 Å². The summed E-state index contributed by atoms with van der Waals surface area (Å²) in [6, 6.07) is 0.166. The fourth-order valence-corrected chi connectivity index (χ4v) is 2.00. The summed E-state index contributed by atoms with van der Waals surface area (Å²) >= 11 is 0. The SMILES string of the molecule is CC(N)CC(C)CCS(C)(=O)=O. The minimum atomic E-state index is -2.80. The Balaban J connectivity index is 3.65. The van der Waals surface area contributed by atoms with E-state index in [1.165, 1.54) is 6.26 Å².